The molecule has 0 unspecified atom stereocenters. The lowest BCUT2D eigenvalue weighted by molar-refractivity contribution is -0.131. The standard InChI is InChI=1S/C22H32N4O4/c1-15-11-17(23-21(29)16-12-20(28)26(13-16)22(2,3)4)5-6-18(15)24-19(27)14-25-7-9-30-10-8-25/h5-6,11,16H,7-10,12-14H2,1-4H3,(H,23,29)(H,24,27)/t16-/m0/s1. The summed E-state index contributed by atoms with van der Waals surface area (Å²) >= 11 is 0. The summed E-state index contributed by atoms with van der Waals surface area (Å²) in [7, 11) is 0. The zero-order valence-corrected chi connectivity index (χ0v) is 18.3. The maximum absolute atomic E-state index is 12.7. The molecule has 30 heavy (non-hydrogen) atoms. The average molecular weight is 417 g/mol. The normalized spacial score (nSPS) is 20.3. The van der Waals surface area contributed by atoms with Crippen LogP contribution in [-0.2, 0) is 19.1 Å². The largest absolute Gasteiger partial charge is 0.379 e. The SMILES string of the molecule is Cc1cc(NC(=O)[C@H]2CC(=O)N(C(C)(C)C)C2)ccc1NC(=O)CN1CCOCC1. The molecule has 2 aliphatic rings. The van der Waals surface area contributed by atoms with Crippen LogP contribution in [0, 0.1) is 12.8 Å². The van der Waals surface area contributed by atoms with Crippen LogP contribution in [0.2, 0.25) is 0 Å². The number of ether oxygens (including phenoxy) is 1. The minimum atomic E-state index is -0.357. The van der Waals surface area contributed by atoms with Gasteiger partial charge in [-0.3, -0.25) is 19.3 Å². The number of carbonyl (C=O) groups is 3. The average Bonchev–Trinajstić information content (AvgIpc) is 3.07. The van der Waals surface area contributed by atoms with E-state index in [0.717, 1.165) is 24.3 Å². The van der Waals surface area contributed by atoms with Crippen LogP contribution in [-0.4, -0.2) is 72.5 Å². The van der Waals surface area contributed by atoms with Crippen molar-refractivity contribution in [2.24, 2.45) is 5.92 Å². The van der Waals surface area contributed by atoms with Gasteiger partial charge < -0.3 is 20.3 Å². The van der Waals surface area contributed by atoms with Gasteiger partial charge in [-0.2, -0.15) is 0 Å². The monoisotopic (exact) mass is 416 g/mol. The Morgan fingerprint density at radius 3 is 2.47 bits per heavy atom. The second kappa shape index (κ2) is 9.14. The van der Waals surface area contributed by atoms with Gasteiger partial charge in [-0.1, -0.05) is 0 Å². The number of carbonyl (C=O) groups excluding carboxylic acids is 3. The number of likely N-dealkylation sites (tertiary alicyclic amines) is 1. The van der Waals surface area contributed by atoms with Crippen molar-refractivity contribution in [3.05, 3.63) is 23.8 Å². The first-order valence-electron chi connectivity index (χ1n) is 10.5. The summed E-state index contributed by atoms with van der Waals surface area (Å²) in [6, 6.07) is 5.40. The number of hydrogen-bond acceptors (Lipinski definition) is 5. The third-order valence-electron chi connectivity index (χ3n) is 5.54. The number of hydrogen-bond donors (Lipinski definition) is 2. The van der Waals surface area contributed by atoms with Crippen molar-refractivity contribution in [1.29, 1.82) is 0 Å². The van der Waals surface area contributed by atoms with Gasteiger partial charge in [0.1, 0.15) is 0 Å². The number of amides is 3. The Labute approximate surface area is 177 Å². The molecule has 0 radical (unpaired) electrons. The van der Waals surface area contributed by atoms with Crippen LogP contribution in [0.4, 0.5) is 11.4 Å². The van der Waals surface area contributed by atoms with Crippen LogP contribution in [0.5, 0.6) is 0 Å². The van der Waals surface area contributed by atoms with Crippen molar-refractivity contribution in [2.45, 2.75) is 39.7 Å². The van der Waals surface area contributed by atoms with Crippen molar-refractivity contribution >= 4 is 29.1 Å². The summed E-state index contributed by atoms with van der Waals surface area (Å²) in [6.45, 7) is 11.4. The van der Waals surface area contributed by atoms with E-state index >= 15 is 0 Å². The quantitative estimate of drug-likeness (QED) is 0.765. The number of aryl methyl sites for hydroxylation is 1. The van der Waals surface area contributed by atoms with Crippen molar-refractivity contribution < 1.29 is 19.1 Å². The predicted octanol–water partition coefficient (Wildman–Crippen LogP) is 1.85. The molecular weight excluding hydrogens is 384 g/mol. The van der Waals surface area contributed by atoms with Crippen LogP contribution in [0.15, 0.2) is 18.2 Å². The van der Waals surface area contributed by atoms with Crippen molar-refractivity contribution in [1.82, 2.24) is 9.80 Å². The van der Waals surface area contributed by atoms with E-state index in [0.29, 0.717) is 32.0 Å². The number of anilines is 2. The molecule has 0 aromatic heterocycles. The molecule has 8 nitrogen and oxygen atoms in total. The summed E-state index contributed by atoms with van der Waals surface area (Å²) < 4.78 is 5.30. The Hall–Kier alpha value is -2.45. The van der Waals surface area contributed by atoms with Crippen LogP contribution in [0.3, 0.4) is 0 Å². The molecule has 3 rings (SSSR count). The Bertz CT molecular complexity index is 812. The molecule has 1 aromatic rings. The highest BCUT2D eigenvalue weighted by molar-refractivity contribution is 5.98. The van der Waals surface area contributed by atoms with Crippen LogP contribution < -0.4 is 10.6 Å². The molecule has 2 aliphatic heterocycles. The summed E-state index contributed by atoms with van der Waals surface area (Å²) in [5.41, 5.74) is 1.96. The summed E-state index contributed by atoms with van der Waals surface area (Å²) in [5.74, 6) is -0.566. The van der Waals surface area contributed by atoms with E-state index < -0.39 is 0 Å². The highest BCUT2D eigenvalue weighted by Crippen LogP contribution is 2.27. The molecule has 1 aromatic carbocycles. The van der Waals surface area contributed by atoms with Crippen molar-refractivity contribution in [2.75, 3.05) is 50.0 Å². The summed E-state index contributed by atoms with van der Waals surface area (Å²) in [6.07, 6.45) is 0.234. The predicted molar refractivity (Wildman–Crippen MR) is 115 cm³/mol. The van der Waals surface area contributed by atoms with E-state index in [4.69, 9.17) is 4.74 Å². The second-order valence-electron chi connectivity index (χ2n) is 9.03. The lowest BCUT2D eigenvalue weighted by Gasteiger charge is -2.31. The third kappa shape index (κ3) is 5.58. The molecule has 3 amide bonds. The first kappa shape index (κ1) is 22.2. The second-order valence-corrected chi connectivity index (χ2v) is 9.03. The van der Waals surface area contributed by atoms with E-state index in [1.54, 1.807) is 17.0 Å². The molecule has 0 spiro atoms. The number of nitrogens with zero attached hydrogens (tertiary/aromatic N) is 2. The minimum absolute atomic E-state index is 0.0113. The molecule has 2 saturated heterocycles. The van der Waals surface area contributed by atoms with Gasteiger partial charge in [0.05, 0.1) is 25.7 Å². The smallest absolute Gasteiger partial charge is 0.238 e. The van der Waals surface area contributed by atoms with E-state index in [2.05, 4.69) is 15.5 Å². The fourth-order valence-electron chi connectivity index (χ4n) is 3.81. The Kier molecular flexibility index (Phi) is 6.77. The van der Waals surface area contributed by atoms with Gasteiger partial charge in [0.2, 0.25) is 17.7 Å². The Balaban J connectivity index is 1.55. The zero-order valence-electron chi connectivity index (χ0n) is 18.3. The zero-order chi connectivity index (χ0) is 21.9. The van der Waals surface area contributed by atoms with Gasteiger partial charge in [0.15, 0.2) is 0 Å². The van der Waals surface area contributed by atoms with E-state index in [9.17, 15) is 14.4 Å². The molecule has 2 N–H and O–H groups in total. The van der Waals surface area contributed by atoms with Gasteiger partial charge in [-0.15, -0.1) is 0 Å². The van der Waals surface area contributed by atoms with Crippen molar-refractivity contribution in [3.63, 3.8) is 0 Å². The van der Waals surface area contributed by atoms with Crippen LogP contribution >= 0.6 is 0 Å². The van der Waals surface area contributed by atoms with E-state index in [-0.39, 0.29) is 35.6 Å². The molecule has 0 aliphatic carbocycles. The molecule has 2 fully saturated rings. The summed E-state index contributed by atoms with van der Waals surface area (Å²) in [5, 5.41) is 5.85. The van der Waals surface area contributed by atoms with Gasteiger partial charge in [-0.25, -0.2) is 0 Å². The van der Waals surface area contributed by atoms with Gasteiger partial charge in [-0.05, 0) is 51.5 Å². The van der Waals surface area contributed by atoms with Gasteiger partial charge >= 0.3 is 0 Å². The van der Waals surface area contributed by atoms with Crippen LogP contribution in [0.25, 0.3) is 0 Å². The lowest BCUT2D eigenvalue weighted by atomic mass is 10.1. The van der Waals surface area contributed by atoms with E-state index in [1.165, 1.54) is 0 Å². The Morgan fingerprint density at radius 1 is 1.17 bits per heavy atom. The third-order valence-corrected chi connectivity index (χ3v) is 5.54. The first-order valence-corrected chi connectivity index (χ1v) is 10.5. The van der Waals surface area contributed by atoms with Gasteiger partial charge in [0, 0.05) is 43.0 Å². The number of benzene rings is 1. The molecule has 8 heteroatoms. The summed E-state index contributed by atoms with van der Waals surface area (Å²) in [4.78, 5) is 41.0. The topological polar surface area (TPSA) is 91.0 Å². The lowest BCUT2D eigenvalue weighted by Crippen LogP contribution is -2.42. The van der Waals surface area contributed by atoms with Crippen LogP contribution in [0.1, 0.15) is 32.8 Å². The highest BCUT2D eigenvalue weighted by atomic mass is 16.5. The molecule has 0 saturated carbocycles. The maximum atomic E-state index is 12.7. The van der Waals surface area contributed by atoms with Crippen molar-refractivity contribution in [3.8, 4) is 0 Å². The molecule has 1 atom stereocenters. The number of nitrogens with one attached hydrogen (secondary N) is 2. The Morgan fingerprint density at radius 2 is 1.87 bits per heavy atom. The number of rotatable bonds is 5. The molecule has 0 bridgehead atoms. The van der Waals surface area contributed by atoms with E-state index in [1.807, 2.05) is 33.8 Å². The minimum Gasteiger partial charge on any atom is -0.379 e. The fraction of sp³-hybridized carbons (Fsp3) is 0.591. The number of morpholine rings is 1. The molecule has 164 valence electrons. The highest BCUT2D eigenvalue weighted by Gasteiger charge is 2.39. The maximum Gasteiger partial charge on any atom is 0.238 e. The first-order chi connectivity index (χ1) is 14.1. The molecule has 2 heterocycles. The van der Waals surface area contributed by atoms with Gasteiger partial charge in [0.25, 0.3) is 0 Å². The fourth-order valence-corrected chi connectivity index (χ4v) is 3.81. The molecular formula is C22H32N4O4.